The van der Waals surface area contributed by atoms with Crippen LogP contribution >= 0.6 is 0 Å². The van der Waals surface area contributed by atoms with Crippen molar-refractivity contribution in [3.63, 3.8) is 0 Å². The quantitative estimate of drug-likeness (QED) is 0.470. The number of nitrogens with zero attached hydrogens (tertiary/aromatic N) is 1. The standard InChI is InChI=1S/C8H16N4O2/c9-5-7(13)11-6-8(14)12-3-1-10-2-4-12/h10H,1-6,9H2,(H,11,13). The molecule has 0 atom stereocenters. The zero-order valence-corrected chi connectivity index (χ0v) is 8.08. The molecule has 6 heteroatoms. The second-order valence-corrected chi connectivity index (χ2v) is 3.11. The van der Waals surface area contributed by atoms with E-state index in [2.05, 4.69) is 10.6 Å². The molecule has 1 aliphatic rings. The zero-order chi connectivity index (χ0) is 10.4. The summed E-state index contributed by atoms with van der Waals surface area (Å²) in [5.74, 6) is -0.346. The fourth-order valence-electron chi connectivity index (χ4n) is 1.27. The van der Waals surface area contributed by atoms with Gasteiger partial charge in [0.1, 0.15) is 0 Å². The maximum Gasteiger partial charge on any atom is 0.242 e. The molecular formula is C8H16N4O2. The Morgan fingerprint density at radius 1 is 1.36 bits per heavy atom. The van der Waals surface area contributed by atoms with Gasteiger partial charge in [0.15, 0.2) is 0 Å². The average Bonchev–Trinajstić information content (AvgIpc) is 2.26. The Kier molecular flexibility index (Phi) is 4.34. The number of piperazine rings is 1. The van der Waals surface area contributed by atoms with Crippen LogP contribution in [-0.4, -0.2) is 56.0 Å². The van der Waals surface area contributed by atoms with E-state index in [9.17, 15) is 9.59 Å². The summed E-state index contributed by atoms with van der Waals surface area (Å²) in [5, 5.41) is 5.60. The van der Waals surface area contributed by atoms with Gasteiger partial charge in [-0.3, -0.25) is 9.59 Å². The van der Waals surface area contributed by atoms with Crippen molar-refractivity contribution in [2.75, 3.05) is 39.3 Å². The normalized spacial score (nSPS) is 16.5. The summed E-state index contributed by atoms with van der Waals surface area (Å²) in [4.78, 5) is 24.0. The molecule has 14 heavy (non-hydrogen) atoms. The molecule has 6 nitrogen and oxygen atoms in total. The van der Waals surface area contributed by atoms with Crippen LogP contribution in [0.25, 0.3) is 0 Å². The average molecular weight is 200 g/mol. The van der Waals surface area contributed by atoms with E-state index in [0.29, 0.717) is 13.1 Å². The number of carbonyl (C=O) groups excluding carboxylic acids is 2. The molecule has 0 aromatic rings. The zero-order valence-electron chi connectivity index (χ0n) is 8.08. The van der Waals surface area contributed by atoms with Crippen LogP contribution in [0.2, 0.25) is 0 Å². The van der Waals surface area contributed by atoms with E-state index < -0.39 is 0 Å². The molecule has 0 saturated carbocycles. The third-order valence-corrected chi connectivity index (χ3v) is 2.09. The molecule has 0 aliphatic carbocycles. The number of nitrogens with one attached hydrogen (secondary N) is 2. The molecule has 80 valence electrons. The molecular weight excluding hydrogens is 184 g/mol. The fourth-order valence-corrected chi connectivity index (χ4v) is 1.27. The number of carbonyl (C=O) groups is 2. The highest BCUT2D eigenvalue weighted by Crippen LogP contribution is 1.91. The summed E-state index contributed by atoms with van der Waals surface area (Å²) >= 11 is 0. The lowest BCUT2D eigenvalue weighted by Crippen LogP contribution is -2.50. The predicted molar refractivity (Wildman–Crippen MR) is 51.5 cm³/mol. The highest BCUT2D eigenvalue weighted by atomic mass is 16.2. The van der Waals surface area contributed by atoms with E-state index in [-0.39, 0.29) is 24.9 Å². The Bertz CT molecular complexity index is 213. The van der Waals surface area contributed by atoms with Crippen LogP contribution in [0.3, 0.4) is 0 Å². The molecule has 2 amide bonds. The van der Waals surface area contributed by atoms with Gasteiger partial charge in [0.05, 0.1) is 13.1 Å². The van der Waals surface area contributed by atoms with Crippen molar-refractivity contribution in [3.05, 3.63) is 0 Å². The first-order chi connectivity index (χ1) is 6.74. The molecule has 1 aliphatic heterocycles. The number of nitrogens with two attached hydrogens (primary N) is 1. The Labute approximate surface area is 82.8 Å². The van der Waals surface area contributed by atoms with Gasteiger partial charge in [-0.25, -0.2) is 0 Å². The molecule has 0 spiro atoms. The molecule has 0 unspecified atom stereocenters. The minimum Gasteiger partial charge on any atom is -0.346 e. The van der Waals surface area contributed by atoms with Crippen LogP contribution in [0.4, 0.5) is 0 Å². The Balaban J connectivity index is 2.23. The molecule has 0 radical (unpaired) electrons. The van der Waals surface area contributed by atoms with Gasteiger partial charge in [-0.1, -0.05) is 0 Å². The van der Waals surface area contributed by atoms with Crippen molar-refractivity contribution in [3.8, 4) is 0 Å². The fraction of sp³-hybridized carbons (Fsp3) is 0.750. The third-order valence-electron chi connectivity index (χ3n) is 2.09. The first kappa shape index (κ1) is 10.9. The lowest BCUT2D eigenvalue weighted by atomic mass is 10.3. The molecule has 1 heterocycles. The van der Waals surface area contributed by atoms with Crippen LogP contribution in [-0.2, 0) is 9.59 Å². The van der Waals surface area contributed by atoms with Crippen molar-refractivity contribution in [2.24, 2.45) is 5.73 Å². The Morgan fingerprint density at radius 3 is 2.57 bits per heavy atom. The highest BCUT2D eigenvalue weighted by Gasteiger charge is 2.15. The van der Waals surface area contributed by atoms with E-state index >= 15 is 0 Å². The molecule has 1 saturated heterocycles. The van der Waals surface area contributed by atoms with Gasteiger partial charge >= 0.3 is 0 Å². The predicted octanol–water partition coefficient (Wildman–Crippen LogP) is -2.51. The van der Waals surface area contributed by atoms with Crippen molar-refractivity contribution in [2.45, 2.75) is 0 Å². The van der Waals surface area contributed by atoms with Crippen molar-refractivity contribution >= 4 is 11.8 Å². The van der Waals surface area contributed by atoms with E-state index in [1.54, 1.807) is 4.90 Å². The molecule has 0 aromatic carbocycles. The lowest BCUT2D eigenvalue weighted by molar-refractivity contribution is -0.133. The number of rotatable bonds is 3. The lowest BCUT2D eigenvalue weighted by Gasteiger charge is -2.27. The Hall–Kier alpha value is -1.14. The minimum atomic E-state index is -0.298. The van der Waals surface area contributed by atoms with Crippen molar-refractivity contribution in [1.29, 1.82) is 0 Å². The maximum absolute atomic E-state index is 11.5. The van der Waals surface area contributed by atoms with Crippen LogP contribution in [0, 0.1) is 0 Å². The van der Waals surface area contributed by atoms with Crippen molar-refractivity contribution in [1.82, 2.24) is 15.5 Å². The first-order valence-electron chi connectivity index (χ1n) is 4.69. The number of hydrogen-bond donors (Lipinski definition) is 3. The van der Waals surface area contributed by atoms with E-state index in [4.69, 9.17) is 5.73 Å². The van der Waals surface area contributed by atoms with Gasteiger partial charge in [-0.15, -0.1) is 0 Å². The van der Waals surface area contributed by atoms with Crippen LogP contribution in [0.1, 0.15) is 0 Å². The van der Waals surface area contributed by atoms with Gasteiger partial charge in [-0.2, -0.15) is 0 Å². The van der Waals surface area contributed by atoms with Crippen LogP contribution < -0.4 is 16.4 Å². The monoisotopic (exact) mass is 200 g/mol. The largest absolute Gasteiger partial charge is 0.346 e. The Morgan fingerprint density at radius 2 is 2.00 bits per heavy atom. The topological polar surface area (TPSA) is 87.5 Å². The summed E-state index contributed by atoms with van der Waals surface area (Å²) < 4.78 is 0. The molecule has 0 bridgehead atoms. The van der Waals surface area contributed by atoms with Crippen LogP contribution in [0.5, 0.6) is 0 Å². The van der Waals surface area contributed by atoms with Crippen LogP contribution in [0.15, 0.2) is 0 Å². The molecule has 0 aromatic heterocycles. The van der Waals surface area contributed by atoms with E-state index in [1.807, 2.05) is 0 Å². The summed E-state index contributed by atoms with van der Waals surface area (Å²) in [5.41, 5.74) is 5.09. The van der Waals surface area contributed by atoms with Gasteiger partial charge in [0.25, 0.3) is 0 Å². The second-order valence-electron chi connectivity index (χ2n) is 3.11. The van der Waals surface area contributed by atoms with Gasteiger partial charge in [0, 0.05) is 26.2 Å². The maximum atomic E-state index is 11.5. The molecule has 1 fully saturated rings. The SMILES string of the molecule is NCC(=O)NCC(=O)N1CCNCC1. The smallest absolute Gasteiger partial charge is 0.242 e. The summed E-state index contributed by atoms with van der Waals surface area (Å²) in [6.07, 6.45) is 0. The first-order valence-corrected chi connectivity index (χ1v) is 4.69. The van der Waals surface area contributed by atoms with E-state index in [1.165, 1.54) is 0 Å². The summed E-state index contributed by atoms with van der Waals surface area (Å²) in [6, 6.07) is 0. The van der Waals surface area contributed by atoms with Gasteiger partial charge in [-0.05, 0) is 0 Å². The number of amides is 2. The summed E-state index contributed by atoms with van der Waals surface area (Å²) in [6.45, 7) is 3.02. The van der Waals surface area contributed by atoms with E-state index in [0.717, 1.165) is 13.1 Å². The molecule has 1 rings (SSSR count). The molecule has 4 N–H and O–H groups in total. The summed E-state index contributed by atoms with van der Waals surface area (Å²) in [7, 11) is 0. The minimum absolute atomic E-state index is 0.0479. The van der Waals surface area contributed by atoms with Gasteiger partial charge < -0.3 is 21.3 Å². The number of hydrogen-bond acceptors (Lipinski definition) is 4. The second kappa shape index (κ2) is 5.56. The highest BCUT2D eigenvalue weighted by molar-refractivity contribution is 5.85. The van der Waals surface area contributed by atoms with Gasteiger partial charge in [0.2, 0.25) is 11.8 Å². The third kappa shape index (κ3) is 3.31. The van der Waals surface area contributed by atoms with Crippen molar-refractivity contribution < 1.29 is 9.59 Å².